The van der Waals surface area contributed by atoms with Gasteiger partial charge in [0.15, 0.2) is 0 Å². The minimum atomic E-state index is -0.0895. The van der Waals surface area contributed by atoms with Gasteiger partial charge in [0.2, 0.25) is 11.8 Å². The molecule has 0 bridgehead atoms. The Hall–Kier alpha value is -2.09. The van der Waals surface area contributed by atoms with Crippen LogP contribution in [0.5, 0.6) is 0 Å². The van der Waals surface area contributed by atoms with Crippen LogP contribution in [0.1, 0.15) is 29.9 Å². The van der Waals surface area contributed by atoms with E-state index in [1.807, 2.05) is 48.3 Å². The Morgan fingerprint density at radius 2 is 2.14 bits per heavy atom. The number of ether oxygens (including phenoxy) is 1. The maximum atomic E-state index is 12.5. The Morgan fingerprint density at radius 3 is 2.93 bits per heavy atom. The molecule has 1 aliphatic heterocycles. The van der Waals surface area contributed by atoms with E-state index in [2.05, 4.69) is 22.4 Å². The smallest absolute Gasteiger partial charge is 0.236 e. The van der Waals surface area contributed by atoms with Gasteiger partial charge in [-0.3, -0.25) is 4.79 Å². The molecule has 29 heavy (non-hydrogen) atoms. The third-order valence-electron chi connectivity index (χ3n) is 4.82. The summed E-state index contributed by atoms with van der Waals surface area (Å²) in [7, 11) is 0. The van der Waals surface area contributed by atoms with Gasteiger partial charge in [0.1, 0.15) is 5.76 Å². The van der Waals surface area contributed by atoms with E-state index in [-0.39, 0.29) is 12.3 Å². The third-order valence-corrected chi connectivity index (χ3v) is 7.12. The summed E-state index contributed by atoms with van der Waals surface area (Å²) in [6.07, 6.45) is 2.43. The summed E-state index contributed by atoms with van der Waals surface area (Å²) < 4.78 is 11.1. The number of carbonyl (C=O) groups is 1. The van der Waals surface area contributed by atoms with E-state index in [1.165, 1.54) is 5.56 Å². The van der Waals surface area contributed by atoms with Crippen LogP contribution >= 0.6 is 23.1 Å². The van der Waals surface area contributed by atoms with Crippen LogP contribution in [0.2, 0.25) is 0 Å². The number of aromatic nitrogens is 1. The molecule has 0 unspecified atom stereocenters. The fourth-order valence-electron chi connectivity index (χ4n) is 3.25. The molecule has 2 aromatic heterocycles. The largest absolute Gasteiger partial charge is 0.440 e. The van der Waals surface area contributed by atoms with E-state index in [0.717, 1.165) is 42.4 Å². The van der Waals surface area contributed by atoms with E-state index in [9.17, 15) is 4.79 Å². The lowest BCUT2D eigenvalue weighted by Gasteiger charge is -2.21. The number of benzene rings is 1. The second-order valence-electron chi connectivity index (χ2n) is 7.05. The van der Waals surface area contributed by atoms with Crippen LogP contribution in [-0.4, -0.2) is 29.4 Å². The zero-order chi connectivity index (χ0) is 20.1. The van der Waals surface area contributed by atoms with E-state index >= 15 is 0 Å². The molecule has 1 aromatic carbocycles. The lowest BCUT2D eigenvalue weighted by atomic mass is 10.2. The van der Waals surface area contributed by atoms with E-state index < -0.39 is 0 Å². The first kappa shape index (κ1) is 20.2. The number of hydrogen-bond donors (Lipinski definition) is 1. The molecule has 5 nitrogen and oxygen atoms in total. The Bertz CT molecular complexity index is 947. The van der Waals surface area contributed by atoms with Gasteiger partial charge in [-0.05, 0) is 48.9 Å². The van der Waals surface area contributed by atoms with Crippen molar-refractivity contribution in [2.24, 2.45) is 0 Å². The minimum absolute atomic E-state index is 0.0895. The predicted octanol–water partition coefficient (Wildman–Crippen LogP) is 5.30. The second kappa shape index (κ2) is 9.61. The molecular weight excluding hydrogens is 404 g/mol. The first-order valence-electron chi connectivity index (χ1n) is 9.76. The summed E-state index contributed by atoms with van der Waals surface area (Å²) >= 11 is 3.54. The molecule has 7 heteroatoms. The van der Waals surface area contributed by atoms with Crippen molar-refractivity contribution in [1.29, 1.82) is 0 Å². The maximum Gasteiger partial charge on any atom is 0.236 e. The minimum Gasteiger partial charge on any atom is -0.440 e. The van der Waals surface area contributed by atoms with Crippen LogP contribution in [-0.2, 0) is 21.7 Å². The Labute approximate surface area is 178 Å². The second-order valence-corrected chi connectivity index (χ2v) is 9.28. The first-order chi connectivity index (χ1) is 14.2. The first-order valence-corrected chi connectivity index (χ1v) is 11.7. The molecule has 0 spiro atoms. The molecule has 1 saturated heterocycles. The van der Waals surface area contributed by atoms with E-state index in [4.69, 9.17) is 9.15 Å². The highest BCUT2D eigenvalue weighted by molar-refractivity contribution is 7.99. The number of oxazole rings is 1. The standard InChI is InChI=1S/C22H24N2O3S2/c1-15-19(24-22(27-15)20-6-3-11-28-20)13-21(25)23-17-5-2-4-16(12-17)14-29-18-7-9-26-10-8-18/h2-6,11-12,18H,7-10,13-14H2,1H3,(H,23,25). The van der Waals surface area contributed by atoms with Crippen LogP contribution in [0.4, 0.5) is 5.69 Å². The quantitative estimate of drug-likeness (QED) is 0.553. The lowest BCUT2D eigenvalue weighted by Crippen LogP contribution is -2.17. The SMILES string of the molecule is Cc1oc(-c2cccs2)nc1CC(=O)Nc1cccc(CSC2CCOCC2)c1. The molecule has 3 aromatic rings. The van der Waals surface area contributed by atoms with Gasteiger partial charge in [-0.25, -0.2) is 4.98 Å². The monoisotopic (exact) mass is 428 g/mol. The fourth-order valence-corrected chi connectivity index (χ4v) is 5.03. The number of anilines is 1. The summed E-state index contributed by atoms with van der Waals surface area (Å²) in [6.45, 7) is 3.58. The van der Waals surface area contributed by atoms with E-state index in [0.29, 0.717) is 22.6 Å². The van der Waals surface area contributed by atoms with Crippen molar-refractivity contribution >= 4 is 34.7 Å². The third kappa shape index (κ3) is 5.50. The van der Waals surface area contributed by atoms with Crippen LogP contribution in [0, 0.1) is 6.92 Å². The molecule has 0 saturated carbocycles. The van der Waals surface area contributed by atoms with Gasteiger partial charge in [-0.1, -0.05) is 18.2 Å². The highest BCUT2D eigenvalue weighted by Crippen LogP contribution is 2.27. The van der Waals surface area contributed by atoms with Crippen molar-refractivity contribution in [1.82, 2.24) is 4.98 Å². The van der Waals surface area contributed by atoms with Gasteiger partial charge >= 0.3 is 0 Å². The molecule has 1 N–H and O–H groups in total. The Morgan fingerprint density at radius 1 is 1.28 bits per heavy atom. The van der Waals surface area contributed by atoms with Crippen LogP contribution in [0.15, 0.2) is 46.2 Å². The van der Waals surface area contributed by atoms with Gasteiger partial charge in [-0.2, -0.15) is 11.8 Å². The zero-order valence-electron chi connectivity index (χ0n) is 16.3. The topological polar surface area (TPSA) is 64.4 Å². The molecule has 1 amide bonds. The lowest BCUT2D eigenvalue weighted by molar-refractivity contribution is -0.115. The average Bonchev–Trinajstić information content (AvgIpc) is 3.38. The summed E-state index contributed by atoms with van der Waals surface area (Å²) in [5, 5.41) is 5.64. The van der Waals surface area contributed by atoms with Gasteiger partial charge < -0.3 is 14.5 Å². The molecule has 4 rings (SSSR count). The maximum absolute atomic E-state index is 12.5. The molecule has 3 heterocycles. The van der Waals surface area contributed by atoms with Crippen LogP contribution in [0.25, 0.3) is 10.8 Å². The van der Waals surface area contributed by atoms with Crippen molar-refractivity contribution < 1.29 is 13.9 Å². The average molecular weight is 429 g/mol. The number of aryl methyl sites for hydroxylation is 1. The number of amides is 1. The number of carbonyl (C=O) groups excluding carboxylic acids is 1. The zero-order valence-corrected chi connectivity index (χ0v) is 18.0. The molecule has 1 aliphatic rings. The molecule has 0 atom stereocenters. The highest BCUT2D eigenvalue weighted by atomic mass is 32.2. The molecule has 0 radical (unpaired) electrons. The van der Waals surface area contributed by atoms with E-state index in [1.54, 1.807) is 11.3 Å². The van der Waals surface area contributed by atoms with Crippen molar-refractivity contribution in [2.75, 3.05) is 18.5 Å². The highest BCUT2D eigenvalue weighted by Gasteiger charge is 2.16. The number of thioether (sulfide) groups is 1. The summed E-state index contributed by atoms with van der Waals surface area (Å²) in [5.41, 5.74) is 2.72. The Kier molecular flexibility index (Phi) is 6.69. The summed E-state index contributed by atoms with van der Waals surface area (Å²) in [5.74, 6) is 2.12. The predicted molar refractivity (Wildman–Crippen MR) is 118 cm³/mol. The van der Waals surface area contributed by atoms with Crippen molar-refractivity contribution in [3.05, 3.63) is 58.8 Å². The van der Waals surface area contributed by atoms with Gasteiger partial charge in [0.05, 0.1) is 17.0 Å². The summed E-state index contributed by atoms with van der Waals surface area (Å²) in [4.78, 5) is 18.0. The van der Waals surface area contributed by atoms with Gasteiger partial charge in [0, 0.05) is 29.9 Å². The van der Waals surface area contributed by atoms with Gasteiger partial charge in [-0.15, -0.1) is 11.3 Å². The number of hydrogen-bond acceptors (Lipinski definition) is 6. The van der Waals surface area contributed by atoms with Crippen LogP contribution in [0.3, 0.4) is 0 Å². The number of nitrogens with zero attached hydrogens (tertiary/aromatic N) is 1. The Balaban J connectivity index is 1.34. The van der Waals surface area contributed by atoms with Crippen molar-refractivity contribution in [3.63, 3.8) is 0 Å². The fraction of sp³-hybridized carbons (Fsp3) is 0.364. The molecular formula is C22H24N2O3S2. The normalized spacial score (nSPS) is 14.8. The van der Waals surface area contributed by atoms with Crippen LogP contribution < -0.4 is 5.32 Å². The number of thiophene rings is 1. The number of nitrogens with one attached hydrogen (secondary N) is 1. The van der Waals surface area contributed by atoms with Crippen molar-refractivity contribution in [2.45, 2.75) is 37.2 Å². The molecule has 0 aliphatic carbocycles. The molecule has 1 fully saturated rings. The number of rotatable bonds is 7. The summed E-state index contributed by atoms with van der Waals surface area (Å²) in [6, 6.07) is 12.0. The van der Waals surface area contributed by atoms with Gasteiger partial charge in [0.25, 0.3) is 0 Å². The molecule has 152 valence electrons. The van der Waals surface area contributed by atoms with Crippen molar-refractivity contribution in [3.8, 4) is 10.8 Å².